The molecule has 0 aliphatic heterocycles. The Hall–Kier alpha value is -3.34. The second-order valence-corrected chi connectivity index (χ2v) is 7.51. The minimum Gasteiger partial charge on any atom is -0.477 e. The first-order valence-electron chi connectivity index (χ1n) is 10.4. The van der Waals surface area contributed by atoms with Gasteiger partial charge in [0, 0.05) is 0 Å². The lowest BCUT2D eigenvalue weighted by Crippen LogP contribution is -2.58. The van der Waals surface area contributed by atoms with Gasteiger partial charge in [-0.25, -0.2) is 14.4 Å². The van der Waals surface area contributed by atoms with E-state index in [2.05, 4.69) is 9.47 Å². The van der Waals surface area contributed by atoms with E-state index in [1.165, 1.54) is 18.2 Å². The molecule has 0 aromatic heterocycles. The first-order valence-corrected chi connectivity index (χ1v) is 10.4. The molecule has 1 unspecified atom stereocenters. The number of benzene rings is 1. The molecule has 0 aliphatic rings. The van der Waals surface area contributed by atoms with Crippen LogP contribution >= 0.6 is 0 Å². The van der Waals surface area contributed by atoms with Gasteiger partial charge in [0.25, 0.3) is 5.72 Å². The largest absolute Gasteiger partial charge is 0.513 e. The molecule has 1 aromatic rings. The number of rotatable bonds is 10. The van der Waals surface area contributed by atoms with Crippen LogP contribution in [0.4, 0.5) is 9.59 Å². The van der Waals surface area contributed by atoms with Crippen LogP contribution in [-0.2, 0) is 23.8 Å². The van der Waals surface area contributed by atoms with Crippen molar-refractivity contribution in [3.63, 3.8) is 0 Å². The fraction of sp³-hybridized carbons (Fsp3) is 0.545. The molecule has 33 heavy (non-hydrogen) atoms. The van der Waals surface area contributed by atoms with E-state index in [-0.39, 0.29) is 17.1 Å². The minimum absolute atomic E-state index is 0.187. The second kappa shape index (κ2) is 12.0. The van der Waals surface area contributed by atoms with Crippen molar-refractivity contribution in [3.05, 3.63) is 23.8 Å². The Kier molecular flexibility index (Phi) is 10.1. The van der Waals surface area contributed by atoms with Crippen molar-refractivity contribution in [2.24, 2.45) is 17.6 Å². The standard InChI is InChI=1S/C22H31NO10/c1-7-12(3)17(22(23,19(25)26)33-18(24)13(4)8-2)14-9-10-15(31-20(27)29-5)16(11-14)32-21(28)30-6/h9-13,17H,7-8,23H2,1-6H3,(H,25,26)/t12-,13-,17?,22-/m0/s1. The number of methoxy groups -OCH3 is 2. The van der Waals surface area contributed by atoms with Crippen LogP contribution in [-0.4, -0.2) is 49.3 Å². The van der Waals surface area contributed by atoms with Gasteiger partial charge < -0.3 is 28.8 Å². The summed E-state index contributed by atoms with van der Waals surface area (Å²) in [5.74, 6) is -4.76. The average Bonchev–Trinajstić information content (AvgIpc) is 2.79. The van der Waals surface area contributed by atoms with Gasteiger partial charge in [0.05, 0.1) is 26.1 Å². The molecule has 0 saturated heterocycles. The molecule has 0 radical (unpaired) electrons. The Morgan fingerprint density at radius 2 is 1.52 bits per heavy atom. The maximum absolute atomic E-state index is 12.5. The third-order valence-corrected chi connectivity index (χ3v) is 5.34. The Morgan fingerprint density at radius 3 is 1.97 bits per heavy atom. The lowest BCUT2D eigenvalue weighted by molar-refractivity contribution is -0.186. The van der Waals surface area contributed by atoms with Gasteiger partial charge in [0.1, 0.15) is 0 Å². The van der Waals surface area contributed by atoms with Gasteiger partial charge >= 0.3 is 24.2 Å². The lowest BCUT2D eigenvalue weighted by atomic mass is 9.77. The smallest absolute Gasteiger partial charge is 0.477 e. The van der Waals surface area contributed by atoms with Gasteiger partial charge in [0.2, 0.25) is 0 Å². The molecule has 0 bridgehead atoms. The second-order valence-electron chi connectivity index (χ2n) is 7.51. The van der Waals surface area contributed by atoms with E-state index in [1.807, 2.05) is 6.92 Å². The summed E-state index contributed by atoms with van der Waals surface area (Å²) < 4.78 is 24.3. The zero-order valence-electron chi connectivity index (χ0n) is 19.6. The van der Waals surface area contributed by atoms with Crippen molar-refractivity contribution in [1.82, 2.24) is 0 Å². The highest BCUT2D eigenvalue weighted by molar-refractivity contribution is 5.83. The van der Waals surface area contributed by atoms with E-state index >= 15 is 0 Å². The minimum atomic E-state index is -2.43. The first kappa shape index (κ1) is 27.7. The number of nitrogens with two attached hydrogens (primary N) is 1. The van der Waals surface area contributed by atoms with Crippen molar-refractivity contribution >= 4 is 24.2 Å². The SMILES string of the molecule is CC[C@H](C)C(=O)O[C@](N)(C(=O)O)C(c1ccc(OC(=O)OC)c(OC(=O)OC)c1)[C@@H](C)CC. The average molecular weight is 469 g/mol. The maximum Gasteiger partial charge on any atom is 0.513 e. The summed E-state index contributed by atoms with van der Waals surface area (Å²) in [7, 11) is 2.18. The molecular weight excluding hydrogens is 438 g/mol. The predicted octanol–water partition coefficient (Wildman–Crippen LogP) is 3.44. The third kappa shape index (κ3) is 6.82. The Bertz CT molecular complexity index is 871. The topological polar surface area (TPSA) is 161 Å². The molecule has 0 aliphatic carbocycles. The molecule has 1 aromatic carbocycles. The molecule has 0 saturated carbocycles. The Morgan fingerprint density at radius 1 is 0.970 bits per heavy atom. The molecule has 1 rings (SSSR count). The van der Waals surface area contributed by atoms with Crippen molar-refractivity contribution in [1.29, 1.82) is 0 Å². The summed E-state index contributed by atoms with van der Waals surface area (Å²) in [6.07, 6.45) is -1.27. The molecule has 4 atom stereocenters. The van der Waals surface area contributed by atoms with Gasteiger partial charge in [0.15, 0.2) is 11.5 Å². The number of carboxylic acids is 1. The summed E-state index contributed by atoms with van der Waals surface area (Å²) in [6.45, 7) is 6.92. The highest BCUT2D eigenvalue weighted by Crippen LogP contribution is 2.41. The van der Waals surface area contributed by atoms with Crippen LogP contribution in [0, 0.1) is 11.8 Å². The number of ether oxygens (including phenoxy) is 5. The van der Waals surface area contributed by atoms with Gasteiger partial charge in [-0.1, -0.05) is 40.2 Å². The molecule has 11 nitrogen and oxygen atoms in total. The zero-order valence-corrected chi connectivity index (χ0v) is 19.6. The Balaban J connectivity index is 3.63. The van der Waals surface area contributed by atoms with Crippen LogP contribution in [0.15, 0.2) is 18.2 Å². The number of carboxylic acid groups (broad SMARTS) is 1. The number of carbonyl (C=O) groups is 4. The van der Waals surface area contributed by atoms with Crippen molar-refractivity contribution < 1.29 is 48.0 Å². The fourth-order valence-corrected chi connectivity index (χ4v) is 3.05. The monoisotopic (exact) mass is 469 g/mol. The van der Waals surface area contributed by atoms with Crippen LogP contribution in [0.5, 0.6) is 11.5 Å². The van der Waals surface area contributed by atoms with Crippen molar-refractivity contribution in [3.8, 4) is 11.5 Å². The van der Waals surface area contributed by atoms with Gasteiger partial charge in [-0.3, -0.25) is 10.5 Å². The van der Waals surface area contributed by atoms with Gasteiger partial charge in [-0.15, -0.1) is 0 Å². The van der Waals surface area contributed by atoms with E-state index in [0.29, 0.717) is 12.8 Å². The highest BCUT2D eigenvalue weighted by atomic mass is 16.7. The van der Waals surface area contributed by atoms with Crippen LogP contribution < -0.4 is 15.2 Å². The molecule has 0 spiro atoms. The maximum atomic E-state index is 12.5. The molecular formula is C22H31NO10. The predicted molar refractivity (Wildman–Crippen MR) is 115 cm³/mol. The van der Waals surface area contributed by atoms with E-state index in [4.69, 9.17) is 19.9 Å². The summed E-state index contributed by atoms with van der Waals surface area (Å²) in [6, 6.07) is 3.98. The summed E-state index contributed by atoms with van der Waals surface area (Å²) in [5.41, 5.74) is 4.06. The summed E-state index contributed by atoms with van der Waals surface area (Å²) in [4.78, 5) is 48.0. The molecule has 0 fully saturated rings. The zero-order chi connectivity index (χ0) is 25.3. The van der Waals surface area contributed by atoms with Crippen LogP contribution in [0.25, 0.3) is 0 Å². The Labute approximate surface area is 192 Å². The fourth-order valence-electron chi connectivity index (χ4n) is 3.05. The van der Waals surface area contributed by atoms with Crippen LogP contribution in [0.2, 0.25) is 0 Å². The molecule has 11 heteroatoms. The quantitative estimate of drug-likeness (QED) is 0.223. The van der Waals surface area contributed by atoms with Gasteiger partial charge in [-0.05, 0) is 30.0 Å². The number of hydrogen-bond donors (Lipinski definition) is 2. The number of carbonyl (C=O) groups excluding carboxylic acids is 3. The molecule has 184 valence electrons. The van der Waals surface area contributed by atoms with Crippen molar-refractivity contribution in [2.75, 3.05) is 14.2 Å². The number of esters is 1. The van der Waals surface area contributed by atoms with Gasteiger partial charge in [-0.2, -0.15) is 0 Å². The lowest BCUT2D eigenvalue weighted by Gasteiger charge is -2.37. The van der Waals surface area contributed by atoms with E-state index in [1.54, 1.807) is 20.8 Å². The summed E-state index contributed by atoms with van der Waals surface area (Å²) in [5, 5.41) is 9.98. The summed E-state index contributed by atoms with van der Waals surface area (Å²) >= 11 is 0. The van der Waals surface area contributed by atoms with Crippen molar-refractivity contribution in [2.45, 2.75) is 52.2 Å². The molecule has 3 N–H and O–H groups in total. The van der Waals surface area contributed by atoms with Crippen LogP contribution in [0.1, 0.15) is 52.0 Å². The van der Waals surface area contributed by atoms with E-state index < -0.39 is 47.7 Å². The first-order chi connectivity index (χ1) is 15.4. The van der Waals surface area contributed by atoms with E-state index in [9.17, 15) is 24.3 Å². The number of aliphatic carboxylic acids is 1. The molecule has 0 heterocycles. The third-order valence-electron chi connectivity index (χ3n) is 5.34. The normalized spacial score (nSPS) is 15.2. The highest BCUT2D eigenvalue weighted by Gasteiger charge is 2.50. The molecule has 0 amide bonds. The number of hydrogen-bond acceptors (Lipinski definition) is 10. The van der Waals surface area contributed by atoms with Crippen LogP contribution in [0.3, 0.4) is 0 Å². The van der Waals surface area contributed by atoms with E-state index in [0.717, 1.165) is 14.2 Å².